The molecule has 7 nitrogen and oxygen atoms in total. The van der Waals surface area contributed by atoms with E-state index in [0.29, 0.717) is 0 Å². The number of hydrogen-bond donors (Lipinski definition) is 1. The van der Waals surface area contributed by atoms with Crippen molar-refractivity contribution in [3.8, 4) is 0 Å². The van der Waals surface area contributed by atoms with Gasteiger partial charge in [0.2, 0.25) is 0 Å². The van der Waals surface area contributed by atoms with E-state index in [4.69, 9.17) is 16.7 Å². The number of halogens is 1. The smallest absolute Gasteiger partial charge is 0.297 e. The SMILES string of the molecule is O=[N+]([O-])c1cccc(S(=O)(=O)OC[C@H](O)Cl)c1. The fourth-order valence-corrected chi connectivity index (χ4v) is 2.06. The first-order valence-electron chi connectivity index (χ1n) is 4.29. The molecular weight excluding hydrogens is 274 g/mol. The number of aliphatic hydroxyl groups is 1. The predicted octanol–water partition coefficient (Wildman–Crippen LogP) is 0.857. The van der Waals surface area contributed by atoms with Gasteiger partial charge in [0, 0.05) is 12.1 Å². The molecule has 17 heavy (non-hydrogen) atoms. The number of non-ortho nitro benzene ring substituents is 1. The molecule has 0 aromatic heterocycles. The summed E-state index contributed by atoms with van der Waals surface area (Å²) in [5.41, 5.74) is -1.84. The van der Waals surface area contributed by atoms with Crippen molar-refractivity contribution in [3.63, 3.8) is 0 Å². The number of nitro benzene ring substituents is 1. The molecule has 1 atom stereocenters. The van der Waals surface area contributed by atoms with Crippen molar-refractivity contribution >= 4 is 27.4 Å². The van der Waals surface area contributed by atoms with Crippen LogP contribution < -0.4 is 0 Å². The molecule has 9 heteroatoms. The van der Waals surface area contributed by atoms with Crippen LogP contribution in [-0.4, -0.2) is 30.6 Å². The van der Waals surface area contributed by atoms with Gasteiger partial charge >= 0.3 is 0 Å². The summed E-state index contributed by atoms with van der Waals surface area (Å²) in [4.78, 5) is 9.36. The molecular formula is C8H8ClNO6S. The van der Waals surface area contributed by atoms with Crippen molar-refractivity contribution < 1.29 is 22.6 Å². The molecule has 0 aliphatic carbocycles. The topological polar surface area (TPSA) is 107 Å². The Balaban J connectivity index is 2.99. The molecule has 0 saturated carbocycles. The number of hydrogen-bond acceptors (Lipinski definition) is 6. The van der Waals surface area contributed by atoms with Gasteiger partial charge in [-0.1, -0.05) is 17.7 Å². The largest absolute Gasteiger partial charge is 0.375 e. The molecule has 1 N–H and O–H groups in total. The number of aliphatic hydroxyl groups excluding tert-OH is 1. The lowest BCUT2D eigenvalue weighted by atomic mass is 10.3. The van der Waals surface area contributed by atoms with Crippen LogP contribution in [0.25, 0.3) is 0 Å². The number of nitro groups is 1. The molecule has 0 amide bonds. The number of benzene rings is 1. The lowest BCUT2D eigenvalue weighted by Gasteiger charge is -2.05. The molecule has 1 aromatic carbocycles. The van der Waals surface area contributed by atoms with E-state index in [1.54, 1.807) is 0 Å². The first kappa shape index (κ1) is 13.8. The molecule has 0 unspecified atom stereocenters. The zero-order valence-electron chi connectivity index (χ0n) is 8.32. The first-order valence-corrected chi connectivity index (χ1v) is 6.13. The molecule has 1 rings (SSSR count). The van der Waals surface area contributed by atoms with Gasteiger partial charge in [0.15, 0.2) is 5.56 Å². The lowest BCUT2D eigenvalue weighted by Crippen LogP contribution is -2.14. The zero-order chi connectivity index (χ0) is 13.1. The summed E-state index contributed by atoms with van der Waals surface area (Å²) in [5.74, 6) is 0. The Morgan fingerprint density at radius 2 is 2.18 bits per heavy atom. The highest BCUT2D eigenvalue weighted by molar-refractivity contribution is 7.86. The maximum Gasteiger partial charge on any atom is 0.297 e. The Kier molecular flexibility index (Phi) is 4.40. The highest BCUT2D eigenvalue weighted by atomic mass is 35.5. The molecule has 0 saturated heterocycles. The summed E-state index contributed by atoms with van der Waals surface area (Å²) >= 11 is 5.11. The third-order valence-electron chi connectivity index (χ3n) is 1.68. The van der Waals surface area contributed by atoms with E-state index < -0.39 is 27.2 Å². The Morgan fingerprint density at radius 1 is 1.53 bits per heavy atom. The molecule has 0 bridgehead atoms. The Labute approximate surface area is 102 Å². The summed E-state index contributed by atoms with van der Waals surface area (Å²) in [7, 11) is -4.16. The molecule has 0 radical (unpaired) electrons. The van der Waals surface area contributed by atoms with Gasteiger partial charge in [-0.15, -0.1) is 0 Å². The number of nitrogens with zero attached hydrogens (tertiary/aromatic N) is 1. The normalized spacial score (nSPS) is 13.3. The highest BCUT2D eigenvalue weighted by Crippen LogP contribution is 2.19. The quantitative estimate of drug-likeness (QED) is 0.371. The minimum absolute atomic E-state index is 0.371. The van der Waals surface area contributed by atoms with Gasteiger partial charge in [-0.2, -0.15) is 8.42 Å². The van der Waals surface area contributed by atoms with Gasteiger partial charge in [0.1, 0.15) is 11.5 Å². The second kappa shape index (κ2) is 5.41. The van der Waals surface area contributed by atoms with E-state index in [0.717, 1.165) is 18.2 Å². The lowest BCUT2D eigenvalue weighted by molar-refractivity contribution is -0.385. The zero-order valence-corrected chi connectivity index (χ0v) is 9.89. The van der Waals surface area contributed by atoms with Crippen molar-refractivity contribution in [3.05, 3.63) is 34.4 Å². The van der Waals surface area contributed by atoms with Gasteiger partial charge in [0.05, 0.1) is 4.92 Å². The molecule has 0 aliphatic heterocycles. The highest BCUT2D eigenvalue weighted by Gasteiger charge is 2.19. The van der Waals surface area contributed by atoms with Gasteiger partial charge in [-0.05, 0) is 6.07 Å². The van der Waals surface area contributed by atoms with E-state index in [1.165, 1.54) is 6.07 Å². The van der Waals surface area contributed by atoms with Crippen LogP contribution >= 0.6 is 11.6 Å². The second-order valence-electron chi connectivity index (χ2n) is 2.93. The van der Waals surface area contributed by atoms with Gasteiger partial charge in [0.25, 0.3) is 15.8 Å². The third kappa shape index (κ3) is 3.93. The third-order valence-corrected chi connectivity index (χ3v) is 3.08. The second-order valence-corrected chi connectivity index (χ2v) is 5.05. The monoisotopic (exact) mass is 281 g/mol. The van der Waals surface area contributed by atoms with Gasteiger partial charge in [-0.25, -0.2) is 0 Å². The van der Waals surface area contributed by atoms with E-state index in [1.807, 2.05) is 0 Å². The molecule has 0 aliphatic rings. The minimum Gasteiger partial charge on any atom is -0.375 e. The minimum atomic E-state index is -4.16. The molecule has 0 heterocycles. The van der Waals surface area contributed by atoms with Crippen molar-refractivity contribution in [1.82, 2.24) is 0 Å². The van der Waals surface area contributed by atoms with E-state index >= 15 is 0 Å². The molecule has 0 fully saturated rings. The fraction of sp³-hybridized carbons (Fsp3) is 0.250. The van der Waals surface area contributed by atoms with Crippen LogP contribution in [0.2, 0.25) is 0 Å². The predicted molar refractivity (Wildman–Crippen MR) is 58.1 cm³/mol. The Morgan fingerprint density at radius 3 is 2.71 bits per heavy atom. The van der Waals surface area contributed by atoms with Crippen molar-refractivity contribution in [2.45, 2.75) is 10.5 Å². The van der Waals surface area contributed by atoms with Crippen LogP contribution in [0.3, 0.4) is 0 Å². The van der Waals surface area contributed by atoms with Crippen molar-refractivity contribution in [2.24, 2.45) is 0 Å². The average Bonchev–Trinajstić information content (AvgIpc) is 2.27. The van der Waals surface area contributed by atoms with Gasteiger partial charge < -0.3 is 5.11 Å². The summed E-state index contributed by atoms with van der Waals surface area (Å²) < 4.78 is 27.4. The Bertz CT molecular complexity index is 515. The Hall–Kier alpha value is -1.22. The van der Waals surface area contributed by atoms with Crippen LogP contribution in [0.1, 0.15) is 0 Å². The average molecular weight is 282 g/mol. The fourth-order valence-electron chi connectivity index (χ4n) is 0.966. The molecule has 0 spiro atoms. The standard InChI is InChI=1S/C8H8ClNO6S/c9-8(11)5-16-17(14,15)7-3-1-2-6(4-7)10(12)13/h1-4,8,11H,5H2/t8-/m0/s1. The van der Waals surface area contributed by atoms with Crippen LogP contribution in [0.4, 0.5) is 5.69 Å². The van der Waals surface area contributed by atoms with Crippen LogP contribution in [0.5, 0.6) is 0 Å². The van der Waals surface area contributed by atoms with Crippen molar-refractivity contribution in [2.75, 3.05) is 6.61 Å². The summed E-state index contributed by atoms with van der Waals surface area (Å²) in [5, 5.41) is 19.1. The summed E-state index contributed by atoms with van der Waals surface area (Å²) in [6, 6.07) is 4.36. The maximum absolute atomic E-state index is 11.5. The van der Waals surface area contributed by atoms with Crippen LogP contribution in [0, 0.1) is 10.1 Å². The van der Waals surface area contributed by atoms with Crippen LogP contribution in [-0.2, 0) is 14.3 Å². The molecule has 1 aromatic rings. The van der Waals surface area contributed by atoms with Crippen LogP contribution in [0.15, 0.2) is 29.2 Å². The number of rotatable bonds is 5. The first-order chi connectivity index (χ1) is 7.83. The summed E-state index contributed by atoms with van der Waals surface area (Å²) in [6.45, 7) is -0.632. The summed E-state index contributed by atoms with van der Waals surface area (Å²) in [6.07, 6.45) is 0. The van der Waals surface area contributed by atoms with E-state index in [-0.39, 0.29) is 10.6 Å². The van der Waals surface area contributed by atoms with E-state index in [9.17, 15) is 18.5 Å². The maximum atomic E-state index is 11.5. The van der Waals surface area contributed by atoms with Gasteiger partial charge in [-0.3, -0.25) is 14.3 Å². The number of alkyl halides is 1. The molecule has 94 valence electrons. The van der Waals surface area contributed by atoms with Crippen molar-refractivity contribution in [1.29, 1.82) is 0 Å². The van der Waals surface area contributed by atoms with E-state index in [2.05, 4.69) is 4.18 Å².